The topological polar surface area (TPSA) is 136 Å². The van der Waals surface area contributed by atoms with Crippen LogP contribution in [0.4, 0.5) is 0 Å². The lowest BCUT2D eigenvalue weighted by Gasteiger charge is -2.16. The molecule has 1 unspecified atom stereocenters. The summed E-state index contributed by atoms with van der Waals surface area (Å²) in [5.41, 5.74) is 10.5. The van der Waals surface area contributed by atoms with Crippen molar-refractivity contribution in [2.24, 2.45) is 11.5 Å². The first kappa shape index (κ1) is 14.4. The highest BCUT2D eigenvalue weighted by molar-refractivity contribution is 5.89. The fourth-order valence-corrected chi connectivity index (χ4v) is 1.02. The smallest absolute Gasteiger partial charge is 0.303 e. The number of carboxylic acids is 1. The van der Waals surface area contributed by atoms with Crippen molar-refractivity contribution < 1.29 is 19.5 Å². The summed E-state index contributed by atoms with van der Waals surface area (Å²) in [6.07, 6.45) is 0.151. The average molecular weight is 231 g/mol. The Morgan fingerprint density at radius 2 is 1.94 bits per heavy atom. The lowest BCUT2D eigenvalue weighted by atomic mass is 10.1. The van der Waals surface area contributed by atoms with Crippen molar-refractivity contribution in [2.75, 3.05) is 0 Å². The number of carbonyl (C=O) groups is 3. The van der Waals surface area contributed by atoms with Gasteiger partial charge in [0.25, 0.3) is 0 Å². The molecule has 0 aromatic rings. The lowest BCUT2D eigenvalue weighted by Crippen LogP contribution is -2.50. The van der Waals surface area contributed by atoms with Crippen molar-refractivity contribution in [2.45, 2.75) is 38.3 Å². The minimum Gasteiger partial charge on any atom is -0.481 e. The van der Waals surface area contributed by atoms with Crippen molar-refractivity contribution in [1.29, 1.82) is 0 Å². The third-order valence-corrected chi connectivity index (χ3v) is 2.08. The van der Waals surface area contributed by atoms with Gasteiger partial charge < -0.3 is 21.9 Å². The predicted octanol–water partition coefficient (Wildman–Crippen LogP) is -1.44. The van der Waals surface area contributed by atoms with Crippen LogP contribution in [-0.4, -0.2) is 35.0 Å². The highest BCUT2D eigenvalue weighted by Crippen LogP contribution is 1.98. The number of carbonyl (C=O) groups excluding carboxylic acids is 2. The Bertz CT molecular complexity index is 280. The van der Waals surface area contributed by atoms with Gasteiger partial charge >= 0.3 is 5.97 Å². The first-order valence-corrected chi connectivity index (χ1v) is 4.95. The van der Waals surface area contributed by atoms with Gasteiger partial charge in [-0.3, -0.25) is 14.4 Å². The molecule has 6 N–H and O–H groups in total. The van der Waals surface area contributed by atoms with Gasteiger partial charge in [-0.1, -0.05) is 6.92 Å². The van der Waals surface area contributed by atoms with E-state index in [9.17, 15) is 14.4 Å². The molecule has 0 bridgehead atoms. The van der Waals surface area contributed by atoms with Crippen molar-refractivity contribution in [3.05, 3.63) is 0 Å². The van der Waals surface area contributed by atoms with Gasteiger partial charge in [-0.2, -0.15) is 0 Å². The Kier molecular flexibility index (Phi) is 6.09. The number of amides is 2. The van der Waals surface area contributed by atoms with Crippen LogP contribution in [0.1, 0.15) is 26.2 Å². The average Bonchev–Trinajstić information content (AvgIpc) is 2.21. The first-order chi connectivity index (χ1) is 7.38. The summed E-state index contributed by atoms with van der Waals surface area (Å²) in [5.74, 6) is -2.32. The van der Waals surface area contributed by atoms with Crippen LogP contribution in [0, 0.1) is 0 Å². The first-order valence-electron chi connectivity index (χ1n) is 4.95. The molecule has 7 nitrogen and oxygen atoms in total. The van der Waals surface area contributed by atoms with E-state index in [4.69, 9.17) is 16.6 Å². The van der Waals surface area contributed by atoms with E-state index in [0.29, 0.717) is 6.42 Å². The van der Waals surface area contributed by atoms with E-state index < -0.39 is 29.9 Å². The van der Waals surface area contributed by atoms with Crippen LogP contribution < -0.4 is 16.8 Å². The molecule has 0 spiro atoms. The Morgan fingerprint density at radius 3 is 2.31 bits per heavy atom. The quantitative estimate of drug-likeness (QED) is 0.425. The van der Waals surface area contributed by atoms with Crippen LogP contribution in [0.5, 0.6) is 0 Å². The molecular weight excluding hydrogens is 214 g/mol. The molecular formula is C9H17N3O4. The molecule has 0 fully saturated rings. The fourth-order valence-electron chi connectivity index (χ4n) is 1.02. The normalized spacial score (nSPS) is 13.9. The Labute approximate surface area is 93.2 Å². The highest BCUT2D eigenvalue weighted by atomic mass is 16.4. The maximum atomic E-state index is 11.3. The summed E-state index contributed by atoms with van der Waals surface area (Å²) < 4.78 is 0. The number of nitrogens with one attached hydrogen (secondary N) is 1. The van der Waals surface area contributed by atoms with Gasteiger partial charge in [0, 0.05) is 6.42 Å². The number of carboxylic acid groups (broad SMARTS) is 1. The standard InChI is InChI=1S/C9H17N3O4/c1-2-5(10)9(16)12-6(8(11)15)3-4-7(13)14/h5-6H,2-4,10H2,1H3,(H2,11,15)(H,12,16)(H,13,14)/t5?,6-/m0/s1. The van der Waals surface area contributed by atoms with Crippen LogP contribution >= 0.6 is 0 Å². The van der Waals surface area contributed by atoms with Gasteiger partial charge in [-0.05, 0) is 12.8 Å². The molecule has 0 saturated heterocycles. The molecule has 0 aromatic heterocycles. The van der Waals surface area contributed by atoms with E-state index in [0.717, 1.165) is 0 Å². The zero-order valence-electron chi connectivity index (χ0n) is 9.10. The molecule has 0 heterocycles. The van der Waals surface area contributed by atoms with Gasteiger partial charge in [0.05, 0.1) is 6.04 Å². The van der Waals surface area contributed by atoms with E-state index in [-0.39, 0.29) is 12.8 Å². The molecule has 0 radical (unpaired) electrons. The second-order valence-corrected chi connectivity index (χ2v) is 3.41. The third kappa shape index (κ3) is 5.30. The maximum Gasteiger partial charge on any atom is 0.303 e. The Balaban J connectivity index is 4.28. The molecule has 2 atom stereocenters. The van der Waals surface area contributed by atoms with E-state index in [2.05, 4.69) is 5.32 Å². The number of primary amides is 1. The second-order valence-electron chi connectivity index (χ2n) is 3.41. The Morgan fingerprint density at radius 1 is 1.38 bits per heavy atom. The third-order valence-electron chi connectivity index (χ3n) is 2.08. The summed E-state index contributed by atoms with van der Waals surface area (Å²) in [4.78, 5) is 32.6. The van der Waals surface area contributed by atoms with E-state index in [1.54, 1.807) is 6.92 Å². The molecule has 0 saturated carbocycles. The highest BCUT2D eigenvalue weighted by Gasteiger charge is 2.21. The predicted molar refractivity (Wildman–Crippen MR) is 56.3 cm³/mol. The molecule has 2 amide bonds. The minimum atomic E-state index is -1.06. The number of rotatable bonds is 7. The van der Waals surface area contributed by atoms with Crippen molar-refractivity contribution >= 4 is 17.8 Å². The van der Waals surface area contributed by atoms with Gasteiger partial charge in [0.15, 0.2) is 0 Å². The number of hydrogen-bond donors (Lipinski definition) is 4. The van der Waals surface area contributed by atoms with Gasteiger partial charge in [0.1, 0.15) is 6.04 Å². The fraction of sp³-hybridized carbons (Fsp3) is 0.667. The zero-order valence-corrected chi connectivity index (χ0v) is 9.10. The summed E-state index contributed by atoms with van der Waals surface area (Å²) in [6.45, 7) is 1.72. The van der Waals surface area contributed by atoms with Crippen molar-refractivity contribution in [3.8, 4) is 0 Å². The van der Waals surface area contributed by atoms with Crippen LogP contribution in [0.3, 0.4) is 0 Å². The molecule has 0 aliphatic carbocycles. The SMILES string of the molecule is CCC(N)C(=O)N[C@@H](CCC(=O)O)C(N)=O. The van der Waals surface area contributed by atoms with Crippen molar-refractivity contribution in [3.63, 3.8) is 0 Å². The van der Waals surface area contributed by atoms with Gasteiger partial charge in [-0.15, -0.1) is 0 Å². The summed E-state index contributed by atoms with van der Waals surface area (Å²) in [6, 6.07) is -1.70. The van der Waals surface area contributed by atoms with Crippen LogP contribution in [0.2, 0.25) is 0 Å². The molecule has 16 heavy (non-hydrogen) atoms. The summed E-state index contributed by atoms with van der Waals surface area (Å²) in [7, 11) is 0. The number of nitrogens with two attached hydrogens (primary N) is 2. The van der Waals surface area contributed by atoms with Crippen LogP contribution in [-0.2, 0) is 14.4 Å². The Hall–Kier alpha value is -1.63. The molecule has 0 aliphatic rings. The summed E-state index contributed by atoms with van der Waals surface area (Å²) >= 11 is 0. The van der Waals surface area contributed by atoms with Gasteiger partial charge in [0.2, 0.25) is 11.8 Å². The van der Waals surface area contributed by atoms with E-state index >= 15 is 0 Å². The lowest BCUT2D eigenvalue weighted by molar-refractivity contribution is -0.137. The molecule has 0 aliphatic heterocycles. The van der Waals surface area contributed by atoms with E-state index in [1.807, 2.05) is 0 Å². The van der Waals surface area contributed by atoms with Crippen molar-refractivity contribution in [1.82, 2.24) is 5.32 Å². The molecule has 0 rings (SSSR count). The zero-order chi connectivity index (χ0) is 12.7. The molecule has 0 aromatic carbocycles. The maximum absolute atomic E-state index is 11.3. The number of hydrogen-bond acceptors (Lipinski definition) is 4. The van der Waals surface area contributed by atoms with Crippen LogP contribution in [0.25, 0.3) is 0 Å². The van der Waals surface area contributed by atoms with E-state index in [1.165, 1.54) is 0 Å². The molecule has 7 heteroatoms. The van der Waals surface area contributed by atoms with Crippen LogP contribution in [0.15, 0.2) is 0 Å². The molecule has 92 valence electrons. The van der Waals surface area contributed by atoms with Gasteiger partial charge in [-0.25, -0.2) is 0 Å². The monoisotopic (exact) mass is 231 g/mol. The summed E-state index contributed by atoms with van der Waals surface area (Å²) in [5, 5.41) is 10.8. The minimum absolute atomic E-state index is 0.0349. The largest absolute Gasteiger partial charge is 0.481 e. The number of aliphatic carboxylic acids is 1. The second kappa shape index (κ2) is 6.78.